The molecular formula is C8H9BO5. The first-order valence-corrected chi connectivity index (χ1v) is 3.83. The van der Waals surface area contributed by atoms with Crippen LogP contribution >= 0.6 is 0 Å². The Morgan fingerprint density at radius 2 is 2.07 bits per heavy atom. The molecule has 0 aromatic heterocycles. The Bertz CT molecular complexity index is 350. The third-order valence-electron chi connectivity index (χ3n) is 1.75. The van der Waals surface area contributed by atoms with Gasteiger partial charge in [-0.25, -0.2) is 4.79 Å². The summed E-state index contributed by atoms with van der Waals surface area (Å²) in [4.78, 5) is 10.6. The van der Waals surface area contributed by atoms with Crippen molar-refractivity contribution in [3.8, 4) is 5.75 Å². The van der Waals surface area contributed by atoms with E-state index in [0.29, 0.717) is 0 Å². The Labute approximate surface area is 80.7 Å². The number of benzene rings is 1. The van der Waals surface area contributed by atoms with Crippen LogP contribution in [0.4, 0.5) is 0 Å². The minimum Gasteiger partial charge on any atom is -0.497 e. The monoisotopic (exact) mass is 196 g/mol. The fraction of sp³-hybridized carbons (Fsp3) is 0.125. The zero-order chi connectivity index (χ0) is 10.7. The molecule has 6 heteroatoms. The predicted octanol–water partition coefficient (Wildman–Crippen LogP) is -0.927. The SMILES string of the molecule is COc1ccc(C(=O)O)cc1B(O)O. The summed E-state index contributed by atoms with van der Waals surface area (Å²) in [7, 11) is -0.383. The molecule has 0 atom stereocenters. The van der Waals surface area contributed by atoms with E-state index in [1.165, 1.54) is 19.2 Å². The van der Waals surface area contributed by atoms with Crippen LogP contribution in [0.2, 0.25) is 0 Å². The lowest BCUT2D eigenvalue weighted by atomic mass is 9.78. The van der Waals surface area contributed by atoms with E-state index < -0.39 is 13.1 Å². The van der Waals surface area contributed by atoms with Gasteiger partial charge < -0.3 is 19.9 Å². The van der Waals surface area contributed by atoms with Crippen molar-refractivity contribution in [3.63, 3.8) is 0 Å². The average Bonchev–Trinajstić information content (AvgIpc) is 2.16. The highest BCUT2D eigenvalue weighted by Crippen LogP contribution is 2.09. The molecule has 5 nitrogen and oxygen atoms in total. The van der Waals surface area contributed by atoms with Gasteiger partial charge in [-0.2, -0.15) is 0 Å². The summed E-state index contributed by atoms with van der Waals surface area (Å²) in [5.74, 6) is -0.889. The second kappa shape index (κ2) is 4.12. The van der Waals surface area contributed by atoms with Crippen molar-refractivity contribution in [2.45, 2.75) is 0 Å². The molecule has 0 aliphatic heterocycles. The molecule has 1 aromatic carbocycles. The molecule has 0 amide bonds. The van der Waals surface area contributed by atoms with E-state index in [1.807, 2.05) is 0 Å². The molecule has 0 fully saturated rings. The zero-order valence-electron chi connectivity index (χ0n) is 7.47. The molecule has 0 saturated carbocycles. The largest absolute Gasteiger partial charge is 0.497 e. The maximum atomic E-state index is 10.6. The van der Waals surface area contributed by atoms with Crippen LogP contribution in [0.3, 0.4) is 0 Å². The first-order chi connectivity index (χ1) is 6.56. The van der Waals surface area contributed by atoms with Gasteiger partial charge in [-0.15, -0.1) is 0 Å². The van der Waals surface area contributed by atoms with Crippen LogP contribution in [0, 0.1) is 0 Å². The van der Waals surface area contributed by atoms with Gasteiger partial charge in [-0.05, 0) is 18.2 Å². The standard InChI is InChI=1S/C8H9BO5/c1-14-7-3-2-5(8(10)11)4-6(7)9(12)13/h2-4,12-13H,1H3,(H,10,11). The first-order valence-electron chi connectivity index (χ1n) is 3.83. The van der Waals surface area contributed by atoms with Crippen LogP contribution in [0.5, 0.6) is 5.75 Å². The smallest absolute Gasteiger partial charge is 0.492 e. The number of methoxy groups -OCH3 is 1. The van der Waals surface area contributed by atoms with Crippen molar-refractivity contribution < 1.29 is 24.7 Å². The molecule has 1 rings (SSSR count). The van der Waals surface area contributed by atoms with Gasteiger partial charge in [0.2, 0.25) is 0 Å². The van der Waals surface area contributed by atoms with Crippen LogP contribution in [0.1, 0.15) is 10.4 Å². The van der Waals surface area contributed by atoms with Crippen molar-refractivity contribution in [2.24, 2.45) is 0 Å². The Morgan fingerprint density at radius 3 is 2.50 bits per heavy atom. The maximum absolute atomic E-state index is 10.6. The number of ether oxygens (including phenoxy) is 1. The van der Waals surface area contributed by atoms with Gasteiger partial charge >= 0.3 is 13.1 Å². The molecule has 0 saturated heterocycles. The lowest BCUT2D eigenvalue weighted by Crippen LogP contribution is -2.31. The van der Waals surface area contributed by atoms with Gasteiger partial charge in [-0.1, -0.05) is 0 Å². The molecular weight excluding hydrogens is 187 g/mol. The molecule has 0 unspecified atom stereocenters. The highest BCUT2D eigenvalue weighted by molar-refractivity contribution is 6.59. The van der Waals surface area contributed by atoms with Gasteiger partial charge in [0.05, 0.1) is 12.7 Å². The van der Waals surface area contributed by atoms with E-state index in [0.717, 1.165) is 6.07 Å². The number of aromatic carboxylic acids is 1. The number of carbonyl (C=O) groups is 1. The summed E-state index contributed by atoms with van der Waals surface area (Å²) in [6, 6.07) is 3.86. The summed E-state index contributed by atoms with van der Waals surface area (Å²) < 4.78 is 4.83. The van der Waals surface area contributed by atoms with Gasteiger partial charge in [0, 0.05) is 5.46 Å². The summed E-state index contributed by atoms with van der Waals surface area (Å²) in [5, 5.41) is 26.5. The second-order valence-electron chi connectivity index (χ2n) is 2.64. The molecule has 0 aliphatic carbocycles. The van der Waals surface area contributed by atoms with E-state index >= 15 is 0 Å². The van der Waals surface area contributed by atoms with E-state index in [2.05, 4.69) is 0 Å². The van der Waals surface area contributed by atoms with Crippen molar-refractivity contribution in [2.75, 3.05) is 7.11 Å². The number of hydrogen-bond acceptors (Lipinski definition) is 4. The van der Waals surface area contributed by atoms with Gasteiger partial charge in [0.15, 0.2) is 0 Å². The molecule has 3 N–H and O–H groups in total. The quantitative estimate of drug-likeness (QED) is 0.543. The number of carboxylic acid groups (broad SMARTS) is 1. The molecule has 0 bridgehead atoms. The van der Waals surface area contributed by atoms with Crippen LogP contribution < -0.4 is 10.2 Å². The van der Waals surface area contributed by atoms with E-state index in [-0.39, 0.29) is 16.8 Å². The minimum absolute atomic E-state index is 0.0195. The lowest BCUT2D eigenvalue weighted by Gasteiger charge is -2.07. The third kappa shape index (κ3) is 2.04. The van der Waals surface area contributed by atoms with Crippen LogP contribution in [-0.2, 0) is 0 Å². The Morgan fingerprint density at radius 1 is 1.43 bits per heavy atom. The van der Waals surface area contributed by atoms with E-state index in [1.54, 1.807) is 0 Å². The molecule has 0 radical (unpaired) electrons. The summed E-state index contributed by atoms with van der Waals surface area (Å²) in [6.45, 7) is 0. The minimum atomic E-state index is -1.75. The van der Waals surface area contributed by atoms with Crippen molar-refractivity contribution in [1.82, 2.24) is 0 Å². The summed E-state index contributed by atoms with van der Waals surface area (Å²) >= 11 is 0. The Balaban J connectivity index is 3.20. The fourth-order valence-corrected chi connectivity index (χ4v) is 1.07. The molecule has 1 aromatic rings. The summed E-state index contributed by atoms with van der Waals surface area (Å²) in [5.41, 5.74) is 0.0151. The molecule has 14 heavy (non-hydrogen) atoms. The lowest BCUT2D eigenvalue weighted by molar-refractivity contribution is 0.0697. The zero-order valence-corrected chi connectivity index (χ0v) is 7.47. The Hall–Kier alpha value is -1.53. The van der Waals surface area contributed by atoms with Gasteiger partial charge in [-0.3, -0.25) is 0 Å². The highest BCUT2D eigenvalue weighted by Gasteiger charge is 2.18. The Kier molecular flexibility index (Phi) is 3.11. The molecule has 74 valence electrons. The number of rotatable bonds is 3. The van der Waals surface area contributed by atoms with E-state index in [4.69, 9.17) is 19.9 Å². The van der Waals surface area contributed by atoms with Crippen molar-refractivity contribution in [3.05, 3.63) is 23.8 Å². The molecule has 0 heterocycles. The number of hydrogen-bond donors (Lipinski definition) is 3. The predicted molar refractivity (Wildman–Crippen MR) is 49.8 cm³/mol. The van der Waals surface area contributed by atoms with Crippen molar-refractivity contribution in [1.29, 1.82) is 0 Å². The van der Waals surface area contributed by atoms with Crippen molar-refractivity contribution >= 4 is 18.6 Å². The number of carboxylic acids is 1. The third-order valence-corrected chi connectivity index (χ3v) is 1.75. The first kappa shape index (κ1) is 10.6. The van der Waals surface area contributed by atoms with Gasteiger partial charge in [0.1, 0.15) is 5.75 Å². The van der Waals surface area contributed by atoms with Crippen LogP contribution in [-0.4, -0.2) is 35.4 Å². The topological polar surface area (TPSA) is 87.0 Å². The summed E-state index contributed by atoms with van der Waals surface area (Å²) in [6.07, 6.45) is 0. The normalized spacial score (nSPS) is 9.64. The fourth-order valence-electron chi connectivity index (χ4n) is 1.07. The molecule has 0 spiro atoms. The maximum Gasteiger partial charge on any atom is 0.492 e. The van der Waals surface area contributed by atoms with Crippen LogP contribution in [0.25, 0.3) is 0 Å². The molecule has 0 aliphatic rings. The highest BCUT2D eigenvalue weighted by atomic mass is 16.5. The average molecular weight is 196 g/mol. The second-order valence-corrected chi connectivity index (χ2v) is 2.64. The van der Waals surface area contributed by atoms with E-state index in [9.17, 15) is 4.79 Å². The van der Waals surface area contributed by atoms with Crippen LogP contribution in [0.15, 0.2) is 18.2 Å². The van der Waals surface area contributed by atoms with Gasteiger partial charge in [0.25, 0.3) is 0 Å².